The molecule has 2 amide bonds. The van der Waals surface area contributed by atoms with E-state index >= 15 is 0 Å². The summed E-state index contributed by atoms with van der Waals surface area (Å²) in [5.74, 6) is 0.00560. The lowest BCUT2D eigenvalue weighted by atomic mass is 10.1. The van der Waals surface area contributed by atoms with Crippen LogP contribution in [0.5, 0.6) is 0 Å². The van der Waals surface area contributed by atoms with E-state index in [9.17, 15) is 9.59 Å². The van der Waals surface area contributed by atoms with Gasteiger partial charge in [0, 0.05) is 31.7 Å². The molecule has 2 aromatic carbocycles. The van der Waals surface area contributed by atoms with E-state index in [4.69, 9.17) is 5.73 Å². The molecular weight excluding hydrogens is 302 g/mol. The van der Waals surface area contributed by atoms with Crippen molar-refractivity contribution in [1.29, 1.82) is 0 Å². The van der Waals surface area contributed by atoms with Crippen LogP contribution in [0, 0.1) is 0 Å². The number of benzene rings is 2. The Morgan fingerprint density at radius 1 is 1.08 bits per heavy atom. The third kappa shape index (κ3) is 3.56. The van der Waals surface area contributed by atoms with Crippen molar-refractivity contribution in [3.8, 4) is 0 Å². The van der Waals surface area contributed by atoms with Gasteiger partial charge in [-0.2, -0.15) is 0 Å². The second-order valence-corrected chi connectivity index (χ2v) is 5.96. The maximum absolute atomic E-state index is 12.3. The van der Waals surface area contributed by atoms with Crippen molar-refractivity contribution in [3.05, 3.63) is 65.2 Å². The predicted molar refractivity (Wildman–Crippen MR) is 93.1 cm³/mol. The van der Waals surface area contributed by atoms with Gasteiger partial charge in [0.05, 0.1) is 5.56 Å². The van der Waals surface area contributed by atoms with Gasteiger partial charge in [0.1, 0.15) is 0 Å². The molecule has 0 saturated carbocycles. The molecule has 1 fully saturated rings. The average Bonchev–Trinajstić information content (AvgIpc) is 2.99. The molecule has 124 valence electrons. The lowest BCUT2D eigenvalue weighted by Crippen LogP contribution is -2.27. The minimum absolute atomic E-state index is 0.194. The summed E-state index contributed by atoms with van der Waals surface area (Å²) in [6, 6.07) is 14.9. The highest BCUT2D eigenvalue weighted by Crippen LogP contribution is 2.17. The van der Waals surface area contributed by atoms with Crippen molar-refractivity contribution < 1.29 is 9.59 Å². The van der Waals surface area contributed by atoms with Crippen molar-refractivity contribution in [1.82, 2.24) is 10.2 Å². The fourth-order valence-electron chi connectivity index (χ4n) is 2.94. The number of hydrogen-bond acceptors (Lipinski definition) is 3. The molecule has 5 nitrogen and oxygen atoms in total. The number of anilines is 1. The molecule has 0 bridgehead atoms. The number of nitrogen functional groups attached to an aromatic ring is 1. The van der Waals surface area contributed by atoms with Gasteiger partial charge in [0.25, 0.3) is 5.91 Å². The molecule has 1 heterocycles. The third-order valence-electron chi connectivity index (χ3n) is 4.30. The number of nitrogens with one attached hydrogen (secondary N) is 1. The Kier molecular flexibility index (Phi) is 4.79. The quantitative estimate of drug-likeness (QED) is 0.829. The number of carbonyl (C=O) groups is 2. The molecule has 1 saturated heterocycles. The summed E-state index contributed by atoms with van der Waals surface area (Å²) in [5.41, 5.74) is 8.86. The summed E-state index contributed by atoms with van der Waals surface area (Å²) >= 11 is 0. The SMILES string of the molecule is Nc1ccccc1C(=O)NCc1ccccc1CN1CCCC1=O. The van der Waals surface area contributed by atoms with Crippen molar-refractivity contribution in [2.75, 3.05) is 12.3 Å². The number of nitrogens with two attached hydrogens (primary N) is 1. The first kappa shape index (κ1) is 16.1. The van der Waals surface area contributed by atoms with Crippen LogP contribution in [-0.2, 0) is 17.9 Å². The van der Waals surface area contributed by atoms with Gasteiger partial charge in [-0.3, -0.25) is 9.59 Å². The first-order valence-corrected chi connectivity index (χ1v) is 8.12. The van der Waals surface area contributed by atoms with Crippen LogP contribution in [0.4, 0.5) is 5.69 Å². The normalized spacial score (nSPS) is 14.0. The fourth-order valence-corrected chi connectivity index (χ4v) is 2.94. The Balaban J connectivity index is 1.68. The molecule has 1 aliphatic heterocycles. The summed E-state index contributed by atoms with van der Waals surface area (Å²) in [4.78, 5) is 26.0. The van der Waals surface area contributed by atoms with Gasteiger partial charge in [-0.1, -0.05) is 36.4 Å². The van der Waals surface area contributed by atoms with Crippen LogP contribution in [-0.4, -0.2) is 23.3 Å². The predicted octanol–water partition coefficient (Wildman–Crippen LogP) is 2.32. The molecule has 3 rings (SSSR count). The molecule has 24 heavy (non-hydrogen) atoms. The first-order valence-electron chi connectivity index (χ1n) is 8.12. The van der Waals surface area contributed by atoms with Crippen LogP contribution in [0.3, 0.4) is 0 Å². The smallest absolute Gasteiger partial charge is 0.253 e. The third-order valence-corrected chi connectivity index (χ3v) is 4.30. The maximum atomic E-state index is 12.3. The van der Waals surface area contributed by atoms with E-state index < -0.39 is 0 Å². The van der Waals surface area contributed by atoms with E-state index in [2.05, 4.69) is 5.32 Å². The monoisotopic (exact) mass is 323 g/mol. The van der Waals surface area contributed by atoms with E-state index in [0.717, 1.165) is 24.1 Å². The molecule has 1 aliphatic rings. The minimum atomic E-state index is -0.194. The summed E-state index contributed by atoms with van der Waals surface area (Å²) < 4.78 is 0. The van der Waals surface area contributed by atoms with Crippen LogP contribution < -0.4 is 11.1 Å². The molecule has 0 atom stereocenters. The Morgan fingerprint density at radius 3 is 2.50 bits per heavy atom. The molecule has 0 aromatic heterocycles. The molecule has 0 aliphatic carbocycles. The van der Waals surface area contributed by atoms with Crippen LogP contribution in [0.2, 0.25) is 0 Å². The van der Waals surface area contributed by atoms with Crippen molar-refractivity contribution in [3.63, 3.8) is 0 Å². The maximum Gasteiger partial charge on any atom is 0.253 e. The summed E-state index contributed by atoms with van der Waals surface area (Å²) in [6.45, 7) is 1.81. The van der Waals surface area contributed by atoms with Gasteiger partial charge in [-0.25, -0.2) is 0 Å². The zero-order chi connectivity index (χ0) is 16.9. The number of likely N-dealkylation sites (tertiary alicyclic amines) is 1. The second-order valence-electron chi connectivity index (χ2n) is 5.96. The lowest BCUT2D eigenvalue weighted by molar-refractivity contribution is -0.128. The molecule has 5 heteroatoms. The average molecular weight is 323 g/mol. The van der Waals surface area contributed by atoms with Gasteiger partial charge in [-0.15, -0.1) is 0 Å². The Bertz CT molecular complexity index is 758. The van der Waals surface area contributed by atoms with Gasteiger partial charge >= 0.3 is 0 Å². The molecule has 2 aromatic rings. The zero-order valence-corrected chi connectivity index (χ0v) is 13.5. The van der Waals surface area contributed by atoms with Gasteiger partial charge in [0.2, 0.25) is 5.91 Å². The lowest BCUT2D eigenvalue weighted by Gasteiger charge is -2.18. The van der Waals surface area contributed by atoms with Crippen LogP contribution in [0.25, 0.3) is 0 Å². The Morgan fingerprint density at radius 2 is 1.79 bits per heavy atom. The van der Waals surface area contributed by atoms with Crippen LogP contribution in [0.1, 0.15) is 34.3 Å². The largest absolute Gasteiger partial charge is 0.398 e. The number of nitrogens with zero attached hydrogens (tertiary/aromatic N) is 1. The van der Waals surface area contributed by atoms with Crippen LogP contribution >= 0.6 is 0 Å². The minimum Gasteiger partial charge on any atom is -0.398 e. The van der Waals surface area contributed by atoms with E-state index in [1.54, 1.807) is 24.3 Å². The van der Waals surface area contributed by atoms with Crippen molar-refractivity contribution in [2.45, 2.75) is 25.9 Å². The number of para-hydroxylation sites is 1. The zero-order valence-electron chi connectivity index (χ0n) is 13.5. The number of carbonyl (C=O) groups excluding carboxylic acids is 2. The highest BCUT2D eigenvalue weighted by atomic mass is 16.2. The molecule has 0 spiro atoms. The topological polar surface area (TPSA) is 75.4 Å². The van der Waals surface area contributed by atoms with E-state index in [0.29, 0.717) is 30.8 Å². The van der Waals surface area contributed by atoms with Crippen LogP contribution in [0.15, 0.2) is 48.5 Å². The Labute approximate surface area is 141 Å². The molecule has 0 unspecified atom stereocenters. The molecule has 3 N–H and O–H groups in total. The number of amides is 2. The highest BCUT2D eigenvalue weighted by molar-refractivity contribution is 5.99. The first-order chi connectivity index (χ1) is 11.6. The van der Waals surface area contributed by atoms with E-state index in [-0.39, 0.29) is 11.8 Å². The Hall–Kier alpha value is -2.82. The number of hydrogen-bond donors (Lipinski definition) is 2. The highest BCUT2D eigenvalue weighted by Gasteiger charge is 2.21. The van der Waals surface area contributed by atoms with Crippen molar-refractivity contribution >= 4 is 17.5 Å². The standard InChI is InChI=1S/C19H21N3O2/c20-17-9-4-3-8-16(17)19(24)21-12-14-6-1-2-7-15(14)13-22-11-5-10-18(22)23/h1-4,6-9H,5,10-13,20H2,(H,21,24). The van der Waals surface area contributed by atoms with Gasteiger partial charge in [-0.05, 0) is 29.7 Å². The van der Waals surface area contributed by atoms with Gasteiger partial charge < -0.3 is 16.0 Å². The number of rotatable bonds is 5. The summed E-state index contributed by atoms with van der Waals surface area (Å²) in [5, 5.41) is 2.91. The second kappa shape index (κ2) is 7.17. The fraction of sp³-hybridized carbons (Fsp3) is 0.263. The molecule has 0 radical (unpaired) electrons. The summed E-state index contributed by atoms with van der Waals surface area (Å²) in [7, 11) is 0. The van der Waals surface area contributed by atoms with E-state index in [1.165, 1.54) is 0 Å². The summed E-state index contributed by atoms with van der Waals surface area (Å²) in [6.07, 6.45) is 1.55. The molecular formula is C19H21N3O2. The van der Waals surface area contributed by atoms with Crippen molar-refractivity contribution in [2.24, 2.45) is 0 Å². The van der Waals surface area contributed by atoms with Gasteiger partial charge in [0.15, 0.2) is 0 Å². The van der Waals surface area contributed by atoms with E-state index in [1.807, 2.05) is 29.2 Å².